The highest BCUT2D eigenvalue weighted by Gasteiger charge is 2.31. The van der Waals surface area contributed by atoms with Gasteiger partial charge in [-0.15, -0.1) is 0 Å². The first-order valence-corrected chi connectivity index (χ1v) is 12.4. The third kappa shape index (κ3) is 3.98. The van der Waals surface area contributed by atoms with E-state index in [9.17, 15) is 14.0 Å². The average molecular weight is 487 g/mol. The molecule has 0 spiro atoms. The quantitative estimate of drug-likeness (QED) is 0.464. The zero-order chi connectivity index (χ0) is 24.8. The van der Waals surface area contributed by atoms with Crippen LogP contribution in [-0.4, -0.2) is 29.9 Å². The van der Waals surface area contributed by atoms with E-state index in [-0.39, 0.29) is 17.9 Å². The molecule has 3 aromatic carbocycles. The smallest absolute Gasteiger partial charge is 0.258 e. The van der Waals surface area contributed by atoms with Gasteiger partial charge in [-0.25, -0.2) is 4.39 Å². The maximum atomic E-state index is 13.6. The minimum absolute atomic E-state index is 0.0815. The second-order valence-electron chi connectivity index (χ2n) is 9.70. The Labute approximate surface area is 209 Å². The van der Waals surface area contributed by atoms with Crippen molar-refractivity contribution in [3.8, 4) is 11.5 Å². The standard InChI is InChI=1S/C29H27FN2O4/c1-35-26-11-10-22(14-27(26)36-23-4-2-3-5-23)32-17-20-7-6-18(12-24(20)29(32)34)15-31-16-19-8-9-21(30)13-25(19)28(31)33/h6-14,23H,2-5,15-17H2,1H3. The predicted molar refractivity (Wildman–Crippen MR) is 133 cm³/mol. The van der Waals surface area contributed by atoms with Crippen molar-refractivity contribution < 1.29 is 23.5 Å². The third-order valence-corrected chi connectivity index (χ3v) is 7.36. The van der Waals surface area contributed by atoms with Crippen molar-refractivity contribution in [2.75, 3.05) is 12.0 Å². The number of ether oxygens (including phenoxy) is 2. The number of anilines is 1. The molecule has 1 fully saturated rings. The molecule has 2 amide bonds. The van der Waals surface area contributed by atoms with Gasteiger partial charge in [0.25, 0.3) is 11.8 Å². The summed E-state index contributed by atoms with van der Waals surface area (Å²) in [7, 11) is 1.62. The van der Waals surface area contributed by atoms with Crippen LogP contribution < -0.4 is 14.4 Å². The van der Waals surface area contributed by atoms with E-state index in [2.05, 4.69) is 0 Å². The number of hydrogen-bond donors (Lipinski definition) is 0. The van der Waals surface area contributed by atoms with Gasteiger partial charge in [0.05, 0.1) is 19.8 Å². The zero-order valence-electron chi connectivity index (χ0n) is 20.1. The Balaban J connectivity index is 1.21. The highest BCUT2D eigenvalue weighted by molar-refractivity contribution is 6.10. The van der Waals surface area contributed by atoms with E-state index in [0.29, 0.717) is 42.3 Å². The van der Waals surface area contributed by atoms with Gasteiger partial charge in [-0.2, -0.15) is 0 Å². The van der Waals surface area contributed by atoms with Gasteiger partial charge in [0.15, 0.2) is 11.5 Å². The Morgan fingerprint density at radius 2 is 1.61 bits per heavy atom. The van der Waals surface area contributed by atoms with Crippen LogP contribution in [0.3, 0.4) is 0 Å². The van der Waals surface area contributed by atoms with Crippen LogP contribution in [0.1, 0.15) is 63.1 Å². The molecule has 0 N–H and O–H groups in total. The summed E-state index contributed by atoms with van der Waals surface area (Å²) in [5.41, 5.74) is 4.44. The van der Waals surface area contributed by atoms with E-state index >= 15 is 0 Å². The number of fused-ring (bicyclic) bond motifs is 2. The minimum atomic E-state index is -0.414. The molecule has 0 saturated heterocycles. The highest BCUT2D eigenvalue weighted by atomic mass is 19.1. The number of carbonyl (C=O) groups is 2. The van der Waals surface area contributed by atoms with E-state index in [0.717, 1.165) is 35.2 Å². The summed E-state index contributed by atoms with van der Waals surface area (Å²) in [6, 6.07) is 15.7. The molecule has 7 heteroatoms. The average Bonchev–Trinajstić information content (AvgIpc) is 3.59. The Bertz CT molecular complexity index is 1370. The van der Waals surface area contributed by atoms with Gasteiger partial charge in [-0.3, -0.25) is 9.59 Å². The largest absolute Gasteiger partial charge is 0.493 e. The summed E-state index contributed by atoms with van der Waals surface area (Å²) >= 11 is 0. The number of hydrogen-bond acceptors (Lipinski definition) is 4. The fourth-order valence-electron chi connectivity index (χ4n) is 5.45. The summed E-state index contributed by atoms with van der Waals surface area (Å²) in [6.07, 6.45) is 4.58. The lowest BCUT2D eigenvalue weighted by Crippen LogP contribution is -2.24. The first-order valence-electron chi connectivity index (χ1n) is 12.4. The molecular formula is C29H27FN2O4. The Hall–Kier alpha value is -3.87. The van der Waals surface area contributed by atoms with Gasteiger partial charge in [0.2, 0.25) is 0 Å². The summed E-state index contributed by atoms with van der Waals surface area (Å²) in [6.45, 7) is 1.26. The molecule has 3 aliphatic rings. The van der Waals surface area contributed by atoms with E-state index < -0.39 is 5.82 Å². The van der Waals surface area contributed by atoms with Crippen molar-refractivity contribution in [1.82, 2.24) is 4.90 Å². The van der Waals surface area contributed by atoms with Crippen molar-refractivity contribution in [3.05, 3.63) is 88.2 Å². The number of halogens is 1. The van der Waals surface area contributed by atoms with Crippen LogP contribution in [0.2, 0.25) is 0 Å². The van der Waals surface area contributed by atoms with Crippen molar-refractivity contribution in [3.63, 3.8) is 0 Å². The minimum Gasteiger partial charge on any atom is -0.493 e. The third-order valence-electron chi connectivity index (χ3n) is 7.36. The molecule has 1 aliphatic carbocycles. The summed E-state index contributed by atoms with van der Waals surface area (Å²) in [4.78, 5) is 29.6. The molecule has 3 aromatic rings. The molecule has 6 rings (SSSR count). The Kier molecular flexibility index (Phi) is 5.63. The monoisotopic (exact) mass is 486 g/mol. The summed E-state index contributed by atoms with van der Waals surface area (Å²) in [5, 5.41) is 0. The molecule has 1 saturated carbocycles. The molecule has 2 heterocycles. The molecule has 2 aliphatic heterocycles. The number of rotatable bonds is 6. The number of benzene rings is 3. The second kappa shape index (κ2) is 8.97. The summed E-state index contributed by atoms with van der Waals surface area (Å²) < 4.78 is 25.3. The van der Waals surface area contributed by atoms with Crippen LogP contribution in [0.4, 0.5) is 10.1 Å². The molecular weight excluding hydrogens is 459 g/mol. The fourth-order valence-corrected chi connectivity index (χ4v) is 5.45. The van der Waals surface area contributed by atoms with Gasteiger partial charge in [0.1, 0.15) is 5.82 Å². The van der Waals surface area contributed by atoms with Gasteiger partial charge < -0.3 is 19.3 Å². The Morgan fingerprint density at radius 1 is 0.861 bits per heavy atom. The number of methoxy groups -OCH3 is 1. The molecule has 6 nitrogen and oxygen atoms in total. The topological polar surface area (TPSA) is 59.1 Å². The van der Waals surface area contributed by atoms with Gasteiger partial charge in [-0.1, -0.05) is 18.2 Å². The number of nitrogens with zero attached hydrogens (tertiary/aromatic N) is 2. The van der Waals surface area contributed by atoms with E-state index in [1.807, 2.05) is 36.4 Å². The van der Waals surface area contributed by atoms with Gasteiger partial charge in [0, 0.05) is 36.0 Å². The molecule has 36 heavy (non-hydrogen) atoms. The molecule has 0 radical (unpaired) electrons. The number of carbonyl (C=O) groups excluding carboxylic acids is 2. The van der Waals surface area contributed by atoms with E-state index in [1.54, 1.807) is 23.0 Å². The lowest BCUT2D eigenvalue weighted by Gasteiger charge is -2.20. The lowest BCUT2D eigenvalue weighted by atomic mass is 10.1. The second-order valence-corrected chi connectivity index (χ2v) is 9.70. The normalized spacial score (nSPS) is 17.1. The van der Waals surface area contributed by atoms with Crippen LogP contribution in [0, 0.1) is 5.82 Å². The van der Waals surface area contributed by atoms with Crippen LogP contribution in [0.25, 0.3) is 0 Å². The fraction of sp³-hybridized carbons (Fsp3) is 0.310. The van der Waals surface area contributed by atoms with Crippen molar-refractivity contribution in [2.45, 2.75) is 51.4 Å². The molecule has 184 valence electrons. The maximum absolute atomic E-state index is 13.6. The predicted octanol–water partition coefficient (Wildman–Crippen LogP) is 5.47. The number of amides is 2. The van der Waals surface area contributed by atoms with Crippen LogP contribution in [-0.2, 0) is 19.6 Å². The van der Waals surface area contributed by atoms with Crippen LogP contribution in [0.15, 0.2) is 54.6 Å². The first-order chi connectivity index (χ1) is 17.5. The van der Waals surface area contributed by atoms with Crippen molar-refractivity contribution in [2.24, 2.45) is 0 Å². The zero-order valence-corrected chi connectivity index (χ0v) is 20.1. The molecule has 0 bridgehead atoms. The first kappa shape index (κ1) is 22.6. The van der Waals surface area contributed by atoms with E-state index in [4.69, 9.17) is 9.47 Å². The van der Waals surface area contributed by atoms with Gasteiger partial charge in [-0.05, 0) is 72.7 Å². The highest BCUT2D eigenvalue weighted by Crippen LogP contribution is 2.38. The Morgan fingerprint density at radius 3 is 2.42 bits per heavy atom. The summed E-state index contributed by atoms with van der Waals surface area (Å²) in [5.74, 6) is 0.638. The maximum Gasteiger partial charge on any atom is 0.258 e. The SMILES string of the molecule is COc1ccc(N2Cc3ccc(CN4Cc5ccc(F)cc5C4=O)cc3C2=O)cc1OC1CCCC1. The van der Waals surface area contributed by atoms with Crippen molar-refractivity contribution in [1.29, 1.82) is 0 Å². The van der Waals surface area contributed by atoms with E-state index in [1.165, 1.54) is 25.0 Å². The van der Waals surface area contributed by atoms with Crippen LogP contribution >= 0.6 is 0 Å². The molecule has 0 aromatic heterocycles. The van der Waals surface area contributed by atoms with Gasteiger partial charge >= 0.3 is 0 Å². The van der Waals surface area contributed by atoms with Crippen molar-refractivity contribution >= 4 is 17.5 Å². The molecule has 0 unspecified atom stereocenters. The van der Waals surface area contributed by atoms with Crippen LogP contribution in [0.5, 0.6) is 11.5 Å². The molecule has 0 atom stereocenters. The lowest BCUT2D eigenvalue weighted by molar-refractivity contribution is 0.0766.